The molecule has 0 bridgehead atoms. The van der Waals surface area contributed by atoms with Gasteiger partial charge in [-0.1, -0.05) is 26.0 Å². The van der Waals surface area contributed by atoms with Crippen LogP contribution in [0.4, 0.5) is 5.69 Å². The van der Waals surface area contributed by atoms with Gasteiger partial charge in [-0.2, -0.15) is 0 Å². The molecule has 100 valence electrons. The highest BCUT2D eigenvalue weighted by Crippen LogP contribution is 2.26. The normalized spacial score (nSPS) is 16.8. The summed E-state index contributed by atoms with van der Waals surface area (Å²) in [7, 11) is 0. The molecule has 1 aliphatic rings. The number of anilines is 1. The van der Waals surface area contributed by atoms with Crippen molar-refractivity contribution in [1.29, 1.82) is 0 Å². The van der Waals surface area contributed by atoms with Gasteiger partial charge in [0.1, 0.15) is 5.75 Å². The van der Waals surface area contributed by atoms with E-state index in [1.54, 1.807) is 0 Å². The molecule has 0 aliphatic carbocycles. The van der Waals surface area contributed by atoms with E-state index >= 15 is 0 Å². The highest BCUT2D eigenvalue weighted by atomic mass is 16.5. The zero-order valence-corrected chi connectivity index (χ0v) is 11.4. The first-order chi connectivity index (χ1) is 8.75. The number of rotatable bonds is 5. The molecule has 2 N–H and O–H groups in total. The molecule has 0 radical (unpaired) electrons. The summed E-state index contributed by atoms with van der Waals surface area (Å²) in [6.07, 6.45) is 2.36. The van der Waals surface area contributed by atoms with Crippen LogP contribution in [-0.2, 0) is 0 Å². The SMILES string of the molecule is CC(C)COc1ccccc1NC1CCNCC1. The third-order valence-electron chi connectivity index (χ3n) is 3.16. The van der Waals surface area contributed by atoms with E-state index in [0.29, 0.717) is 12.0 Å². The average molecular weight is 248 g/mol. The fourth-order valence-corrected chi connectivity index (χ4v) is 2.15. The molecule has 1 heterocycles. The molecular weight excluding hydrogens is 224 g/mol. The topological polar surface area (TPSA) is 33.3 Å². The van der Waals surface area contributed by atoms with Crippen LogP contribution in [0.2, 0.25) is 0 Å². The Labute approximate surface area is 110 Å². The van der Waals surface area contributed by atoms with Gasteiger partial charge >= 0.3 is 0 Å². The maximum absolute atomic E-state index is 5.86. The predicted octanol–water partition coefficient (Wildman–Crippen LogP) is 2.89. The van der Waals surface area contributed by atoms with E-state index in [9.17, 15) is 0 Å². The molecule has 3 heteroatoms. The van der Waals surface area contributed by atoms with Crippen molar-refractivity contribution < 1.29 is 4.74 Å². The van der Waals surface area contributed by atoms with E-state index in [2.05, 4.69) is 36.6 Å². The molecule has 18 heavy (non-hydrogen) atoms. The van der Waals surface area contributed by atoms with Gasteiger partial charge in [0.2, 0.25) is 0 Å². The number of nitrogens with one attached hydrogen (secondary N) is 2. The van der Waals surface area contributed by atoms with Crippen molar-refractivity contribution in [1.82, 2.24) is 5.32 Å². The molecule has 0 amide bonds. The van der Waals surface area contributed by atoms with Crippen molar-refractivity contribution in [3.05, 3.63) is 24.3 Å². The second-order valence-corrected chi connectivity index (χ2v) is 5.37. The maximum Gasteiger partial charge on any atom is 0.142 e. The van der Waals surface area contributed by atoms with E-state index in [0.717, 1.165) is 31.1 Å². The fraction of sp³-hybridized carbons (Fsp3) is 0.600. The van der Waals surface area contributed by atoms with Crippen LogP contribution in [0.25, 0.3) is 0 Å². The van der Waals surface area contributed by atoms with Crippen LogP contribution in [0.5, 0.6) is 5.75 Å². The summed E-state index contributed by atoms with van der Waals surface area (Å²) in [6, 6.07) is 8.81. The first kappa shape index (κ1) is 13.2. The van der Waals surface area contributed by atoms with Crippen molar-refractivity contribution in [2.24, 2.45) is 5.92 Å². The lowest BCUT2D eigenvalue weighted by molar-refractivity contribution is 0.272. The molecule has 3 nitrogen and oxygen atoms in total. The molecule has 0 unspecified atom stereocenters. The number of benzene rings is 1. The highest BCUT2D eigenvalue weighted by Gasteiger charge is 2.14. The third-order valence-corrected chi connectivity index (χ3v) is 3.16. The predicted molar refractivity (Wildman–Crippen MR) is 76.3 cm³/mol. The van der Waals surface area contributed by atoms with Gasteiger partial charge in [-0.15, -0.1) is 0 Å². The molecule has 2 rings (SSSR count). The largest absolute Gasteiger partial charge is 0.491 e. The average Bonchev–Trinajstić information content (AvgIpc) is 2.39. The molecule has 0 spiro atoms. The van der Waals surface area contributed by atoms with Gasteiger partial charge in [0.25, 0.3) is 0 Å². The third kappa shape index (κ3) is 3.91. The summed E-state index contributed by atoms with van der Waals surface area (Å²) in [6.45, 7) is 7.32. The maximum atomic E-state index is 5.86. The second kappa shape index (κ2) is 6.64. The number of piperidine rings is 1. The lowest BCUT2D eigenvalue weighted by Gasteiger charge is -2.25. The standard InChI is InChI=1S/C15H24N2O/c1-12(2)11-18-15-6-4-3-5-14(15)17-13-7-9-16-10-8-13/h3-6,12-13,16-17H,7-11H2,1-2H3. The van der Waals surface area contributed by atoms with Gasteiger partial charge in [-0.25, -0.2) is 0 Å². The highest BCUT2D eigenvalue weighted by molar-refractivity contribution is 5.56. The number of hydrogen-bond donors (Lipinski definition) is 2. The minimum atomic E-state index is 0.553. The zero-order valence-electron chi connectivity index (χ0n) is 11.4. The minimum absolute atomic E-state index is 0.553. The van der Waals surface area contributed by atoms with E-state index in [1.165, 1.54) is 12.8 Å². The van der Waals surface area contributed by atoms with Crippen molar-refractivity contribution in [2.75, 3.05) is 25.0 Å². The smallest absolute Gasteiger partial charge is 0.142 e. The van der Waals surface area contributed by atoms with E-state index < -0.39 is 0 Å². The first-order valence-electron chi connectivity index (χ1n) is 6.95. The number of hydrogen-bond acceptors (Lipinski definition) is 3. The monoisotopic (exact) mass is 248 g/mol. The Morgan fingerprint density at radius 1 is 1.28 bits per heavy atom. The summed E-state index contributed by atoms with van der Waals surface area (Å²) >= 11 is 0. The number of ether oxygens (including phenoxy) is 1. The van der Waals surface area contributed by atoms with E-state index in [1.807, 2.05) is 12.1 Å². The van der Waals surface area contributed by atoms with Gasteiger partial charge in [0, 0.05) is 6.04 Å². The second-order valence-electron chi connectivity index (χ2n) is 5.37. The van der Waals surface area contributed by atoms with Crippen molar-refractivity contribution in [3.63, 3.8) is 0 Å². The Morgan fingerprint density at radius 3 is 2.72 bits per heavy atom. The molecule has 1 aromatic rings. The Bertz CT molecular complexity index is 359. The van der Waals surface area contributed by atoms with Gasteiger partial charge in [0.05, 0.1) is 12.3 Å². The Hall–Kier alpha value is -1.22. The van der Waals surface area contributed by atoms with Crippen LogP contribution in [0, 0.1) is 5.92 Å². The van der Waals surface area contributed by atoms with Crippen LogP contribution >= 0.6 is 0 Å². The zero-order chi connectivity index (χ0) is 12.8. The summed E-state index contributed by atoms with van der Waals surface area (Å²) in [5.74, 6) is 1.53. The summed E-state index contributed by atoms with van der Waals surface area (Å²) in [5.41, 5.74) is 1.13. The van der Waals surface area contributed by atoms with Crippen LogP contribution in [-0.4, -0.2) is 25.7 Å². The van der Waals surface area contributed by atoms with Crippen LogP contribution < -0.4 is 15.4 Å². The van der Waals surface area contributed by atoms with E-state index in [-0.39, 0.29) is 0 Å². The van der Waals surface area contributed by atoms with Gasteiger partial charge in [-0.3, -0.25) is 0 Å². The minimum Gasteiger partial charge on any atom is -0.491 e. The van der Waals surface area contributed by atoms with Gasteiger partial charge in [0.15, 0.2) is 0 Å². The van der Waals surface area contributed by atoms with Crippen LogP contribution in [0.3, 0.4) is 0 Å². The van der Waals surface area contributed by atoms with Crippen molar-refractivity contribution >= 4 is 5.69 Å². The summed E-state index contributed by atoms with van der Waals surface area (Å²) in [5, 5.41) is 6.99. The Morgan fingerprint density at radius 2 is 2.00 bits per heavy atom. The Kier molecular flexibility index (Phi) is 4.88. The summed E-state index contributed by atoms with van der Waals surface area (Å²) < 4.78 is 5.86. The van der Waals surface area contributed by atoms with Crippen molar-refractivity contribution in [2.45, 2.75) is 32.7 Å². The van der Waals surface area contributed by atoms with Gasteiger partial charge < -0.3 is 15.4 Å². The summed E-state index contributed by atoms with van der Waals surface area (Å²) in [4.78, 5) is 0. The van der Waals surface area contributed by atoms with Crippen LogP contribution in [0.15, 0.2) is 24.3 Å². The van der Waals surface area contributed by atoms with E-state index in [4.69, 9.17) is 4.74 Å². The van der Waals surface area contributed by atoms with Crippen molar-refractivity contribution in [3.8, 4) is 5.75 Å². The lowest BCUT2D eigenvalue weighted by atomic mass is 10.1. The molecule has 1 saturated heterocycles. The Balaban J connectivity index is 1.97. The molecular formula is C15H24N2O. The molecule has 0 aromatic heterocycles. The fourth-order valence-electron chi connectivity index (χ4n) is 2.15. The molecule has 1 fully saturated rings. The lowest BCUT2D eigenvalue weighted by Crippen LogP contribution is -2.35. The van der Waals surface area contributed by atoms with Crippen LogP contribution in [0.1, 0.15) is 26.7 Å². The molecule has 1 aromatic carbocycles. The molecule has 0 saturated carbocycles. The first-order valence-corrected chi connectivity index (χ1v) is 6.95. The quantitative estimate of drug-likeness (QED) is 0.840. The molecule has 0 atom stereocenters. The van der Waals surface area contributed by atoms with Gasteiger partial charge in [-0.05, 0) is 44.0 Å². The number of para-hydroxylation sites is 2. The molecule has 1 aliphatic heterocycles.